The summed E-state index contributed by atoms with van der Waals surface area (Å²) in [5.41, 5.74) is 0. The highest BCUT2D eigenvalue weighted by Crippen LogP contribution is 2.35. The van der Waals surface area contributed by atoms with Crippen LogP contribution in [0.1, 0.15) is 25.7 Å². The molecule has 0 spiro atoms. The van der Waals surface area contributed by atoms with Gasteiger partial charge in [0.25, 0.3) is 0 Å². The zero-order valence-corrected chi connectivity index (χ0v) is 12.7. The summed E-state index contributed by atoms with van der Waals surface area (Å²) in [5.74, 6) is 0. The van der Waals surface area contributed by atoms with Crippen LogP contribution < -0.4 is 10.4 Å². The molecule has 9 heteroatoms. The largest absolute Gasteiger partial charge is 0.404 e. The summed E-state index contributed by atoms with van der Waals surface area (Å²) in [7, 11) is -3.80. The number of rotatable bonds is 15. The normalized spacial score (nSPS) is 14.3. The first-order valence-electron chi connectivity index (χ1n) is 6.85. The highest BCUT2D eigenvalue weighted by atomic mass is 31.2. The molecule has 122 valence electrons. The molecule has 0 fully saturated rings. The molecular weight excluding hydrogens is 287 g/mol. The van der Waals surface area contributed by atoms with E-state index in [4.69, 9.17) is 19.5 Å². The number of hydrogen-bond donors (Lipinski definition) is 5. The van der Waals surface area contributed by atoms with E-state index in [0.29, 0.717) is 0 Å². The van der Waals surface area contributed by atoms with Gasteiger partial charge in [-0.15, -0.1) is 0 Å². The first kappa shape index (κ1) is 19.9. The van der Waals surface area contributed by atoms with Crippen LogP contribution in [-0.4, -0.2) is 61.4 Å². The van der Waals surface area contributed by atoms with Gasteiger partial charge in [-0.05, 0) is 19.4 Å². The summed E-state index contributed by atoms with van der Waals surface area (Å²) in [6, 6.07) is 0. The second-order valence-electron chi connectivity index (χ2n) is 4.16. The maximum absolute atomic E-state index is 11.5. The summed E-state index contributed by atoms with van der Waals surface area (Å²) in [5, 5.41) is 22.4. The van der Waals surface area contributed by atoms with E-state index < -0.39 is 7.75 Å². The summed E-state index contributed by atoms with van der Waals surface area (Å²) < 4.78 is 21.1. The van der Waals surface area contributed by atoms with Gasteiger partial charge >= 0.3 is 7.75 Å². The van der Waals surface area contributed by atoms with Crippen LogP contribution >= 0.6 is 7.75 Å². The molecule has 8 nitrogen and oxygen atoms in total. The van der Waals surface area contributed by atoms with E-state index in [1.54, 1.807) is 0 Å². The summed E-state index contributed by atoms with van der Waals surface area (Å²) in [6.45, 7) is 1.39. The fourth-order valence-electron chi connectivity index (χ4n) is 1.39. The molecule has 20 heavy (non-hydrogen) atoms. The van der Waals surface area contributed by atoms with E-state index in [9.17, 15) is 9.46 Å². The van der Waals surface area contributed by atoms with E-state index in [1.807, 2.05) is 0 Å². The van der Waals surface area contributed by atoms with Gasteiger partial charge in [0.2, 0.25) is 0 Å². The minimum absolute atomic E-state index is 0.0120. The van der Waals surface area contributed by atoms with Crippen molar-refractivity contribution in [3.05, 3.63) is 0 Å². The number of nitrogens with one attached hydrogen (secondary N) is 2. The summed E-state index contributed by atoms with van der Waals surface area (Å²) in [4.78, 5) is 9.39. The third kappa shape index (κ3) is 14.4. The standard InChI is InChI=1S/C11H27N2O6P/c14-6-4-2-1-3-5-12-11-13-20(16,17)19-10-9-18-8-7-15/h12,14-15H,1-11H2,(H2,13,16,17). The van der Waals surface area contributed by atoms with Crippen molar-refractivity contribution in [2.45, 2.75) is 25.7 Å². The number of hydrogen-bond acceptors (Lipinski definition) is 6. The van der Waals surface area contributed by atoms with E-state index in [2.05, 4.69) is 10.4 Å². The minimum Gasteiger partial charge on any atom is -0.396 e. The van der Waals surface area contributed by atoms with Gasteiger partial charge in [-0.1, -0.05) is 12.8 Å². The molecule has 0 aromatic carbocycles. The Hall–Kier alpha value is -0.0500. The van der Waals surface area contributed by atoms with Gasteiger partial charge in [-0.25, -0.2) is 9.65 Å². The Bertz CT molecular complexity index is 257. The van der Waals surface area contributed by atoms with Crippen molar-refractivity contribution >= 4 is 7.75 Å². The molecule has 0 amide bonds. The molecule has 0 radical (unpaired) electrons. The molecule has 0 bridgehead atoms. The molecular formula is C11H27N2O6P. The van der Waals surface area contributed by atoms with Crippen LogP contribution in [0.15, 0.2) is 0 Å². The predicted octanol–water partition coefficient (Wildman–Crippen LogP) is -0.198. The average molecular weight is 314 g/mol. The van der Waals surface area contributed by atoms with Crippen molar-refractivity contribution in [3.8, 4) is 0 Å². The summed E-state index contributed by atoms with van der Waals surface area (Å²) in [6.07, 6.45) is 3.77. The van der Waals surface area contributed by atoms with E-state index in [0.717, 1.165) is 32.2 Å². The third-order valence-corrected chi connectivity index (χ3v) is 3.49. The van der Waals surface area contributed by atoms with Crippen molar-refractivity contribution in [2.75, 3.05) is 46.2 Å². The second kappa shape index (κ2) is 13.9. The van der Waals surface area contributed by atoms with Crippen LogP contribution in [-0.2, 0) is 13.8 Å². The van der Waals surface area contributed by atoms with Gasteiger partial charge in [-0.2, -0.15) is 0 Å². The third-order valence-electron chi connectivity index (χ3n) is 2.40. The number of aliphatic hydroxyl groups excluding tert-OH is 2. The van der Waals surface area contributed by atoms with Crippen molar-refractivity contribution in [1.82, 2.24) is 10.4 Å². The molecule has 0 aliphatic heterocycles. The molecule has 1 atom stereocenters. The fraction of sp³-hybridized carbons (Fsp3) is 1.00. The molecule has 0 saturated carbocycles. The lowest BCUT2D eigenvalue weighted by atomic mass is 10.2. The maximum Gasteiger partial charge on any atom is 0.404 e. The highest BCUT2D eigenvalue weighted by molar-refractivity contribution is 7.50. The maximum atomic E-state index is 11.5. The Morgan fingerprint density at radius 1 is 0.950 bits per heavy atom. The van der Waals surface area contributed by atoms with Crippen molar-refractivity contribution in [3.63, 3.8) is 0 Å². The van der Waals surface area contributed by atoms with Crippen molar-refractivity contribution in [1.29, 1.82) is 0 Å². The van der Waals surface area contributed by atoms with Crippen LogP contribution in [0.4, 0.5) is 0 Å². The molecule has 0 saturated heterocycles. The second-order valence-corrected chi connectivity index (χ2v) is 5.78. The lowest BCUT2D eigenvalue weighted by Gasteiger charge is -2.14. The van der Waals surface area contributed by atoms with Crippen LogP contribution in [0, 0.1) is 0 Å². The molecule has 0 aromatic heterocycles. The zero-order chi connectivity index (χ0) is 15.1. The lowest BCUT2D eigenvalue weighted by Crippen LogP contribution is -2.28. The first-order valence-corrected chi connectivity index (χ1v) is 8.43. The first-order chi connectivity index (χ1) is 9.62. The zero-order valence-electron chi connectivity index (χ0n) is 11.8. The number of aliphatic hydroxyl groups is 2. The van der Waals surface area contributed by atoms with Gasteiger partial charge in [0.15, 0.2) is 0 Å². The average Bonchev–Trinajstić information content (AvgIpc) is 2.41. The minimum atomic E-state index is -3.80. The molecule has 0 aromatic rings. The number of unbranched alkanes of at least 4 members (excludes halogenated alkanes) is 3. The topological polar surface area (TPSA) is 120 Å². The van der Waals surface area contributed by atoms with E-state index in [1.165, 1.54) is 0 Å². The molecule has 5 N–H and O–H groups in total. The van der Waals surface area contributed by atoms with Crippen LogP contribution in [0.3, 0.4) is 0 Å². The van der Waals surface area contributed by atoms with Gasteiger partial charge in [0.05, 0.1) is 33.1 Å². The smallest absolute Gasteiger partial charge is 0.396 e. The Labute approximate surface area is 120 Å². The Kier molecular flexibility index (Phi) is 13.9. The molecule has 0 heterocycles. The Morgan fingerprint density at radius 2 is 1.70 bits per heavy atom. The van der Waals surface area contributed by atoms with E-state index in [-0.39, 0.29) is 39.7 Å². The molecule has 0 aliphatic carbocycles. The van der Waals surface area contributed by atoms with Gasteiger partial charge < -0.3 is 25.2 Å². The van der Waals surface area contributed by atoms with Crippen molar-refractivity contribution in [2.24, 2.45) is 0 Å². The molecule has 0 rings (SSSR count). The lowest BCUT2D eigenvalue weighted by molar-refractivity contribution is 0.0669. The molecule has 0 aliphatic rings. The van der Waals surface area contributed by atoms with Gasteiger partial charge in [-0.3, -0.25) is 4.52 Å². The van der Waals surface area contributed by atoms with Crippen LogP contribution in [0.25, 0.3) is 0 Å². The van der Waals surface area contributed by atoms with Gasteiger partial charge in [0.1, 0.15) is 0 Å². The summed E-state index contributed by atoms with van der Waals surface area (Å²) >= 11 is 0. The Morgan fingerprint density at radius 3 is 2.40 bits per heavy atom. The van der Waals surface area contributed by atoms with Crippen LogP contribution in [0.2, 0.25) is 0 Å². The molecule has 1 unspecified atom stereocenters. The monoisotopic (exact) mass is 314 g/mol. The van der Waals surface area contributed by atoms with E-state index >= 15 is 0 Å². The Balaban J connectivity index is 3.36. The quantitative estimate of drug-likeness (QED) is 0.160. The van der Waals surface area contributed by atoms with Crippen LogP contribution in [0.5, 0.6) is 0 Å². The highest BCUT2D eigenvalue weighted by Gasteiger charge is 2.17. The SMILES string of the molecule is O=P(O)(NCNCCCCCCO)OCCOCCO. The predicted molar refractivity (Wildman–Crippen MR) is 75.2 cm³/mol. The van der Waals surface area contributed by atoms with Crippen molar-refractivity contribution < 1.29 is 28.9 Å². The number of ether oxygens (including phenoxy) is 1. The van der Waals surface area contributed by atoms with Gasteiger partial charge in [0, 0.05) is 6.61 Å². The fourth-order valence-corrected chi connectivity index (χ4v) is 2.12.